The topological polar surface area (TPSA) is 49.6 Å². The molecule has 1 rings (SSSR count). The fourth-order valence-electron chi connectivity index (χ4n) is 2.32. The summed E-state index contributed by atoms with van der Waals surface area (Å²) in [4.78, 5) is 16.5. The van der Waals surface area contributed by atoms with Crippen LogP contribution in [0.15, 0.2) is 0 Å². The minimum Gasteiger partial charge on any atom is -0.393 e. The molecule has 18 heavy (non-hydrogen) atoms. The normalized spacial score (nSPS) is 20.7. The van der Waals surface area contributed by atoms with E-state index in [9.17, 15) is 4.79 Å². The summed E-state index contributed by atoms with van der Waals surface area (Å²) in [6, 6.07) is 0.619. The molecular formula is C13H25N3OS. The summed E-state index contributed by atoms with van der Waals surface area (Å²) in [7, 11) is 1.82. The second kappa shape index (κ2) is 7.69. The lowest BCUT2D eigenvalue weighted by atomic mass is 10.0. The van der Waals surface area contributed by atoms with E-state index in [0.717, 1.165) is 13.1 Å². The van der Waals surface area contributed by atoms with E-state index in [-0.39, 0.29) is 5.91 Å². The maximum absolute atomic E-state index is 11.9. The van der Waals surface area contributed by atoms with Crippen LogP contribution >= 0.6 is 12.2 Å². The molecule has 1 fully saturated rings. The third kappa shape index (κ3) is 5.31. The van der Waals surface area contributed by atoms with Crippen LogP contribution in [-0.2, 0) is 4.79 Å². The molecule has 1 saturated heterocycles. The minimum absolute atomic E-state index is 0.184. The van der Waals surface area contributed by atoms with Gasteiger partial charge in [-0.2, -0.15) is 0 Å². The number of piperidine rings is 1. The van der Waals surface area contributed by atoms with Gasteiger partial charge in [0.25, 0.3) is 0 Å². The number of nitrogens with zero attached hydrogens (tertiary/aromatic N) is 2. The lowest BCUT2D eigenvalue weighted by molar-refractivity contribution is -0.130. The number of carbonyl (C=O) groups is 1. The van der Waals surface area contributed by atoms with Crippen molar-refractivity contribution in [3.05, 3.63) is 0 Å². The summed E-state index contributed by atoms with van der Waals surface area (Å²) in [6.45, 7) is 4.88. The number of hydrogen-bond donors (Lipinski definition) is 1. The highest BCUT2D eigenvalue weighted by molar-refractivity contribution is 7.80. The zero-order valence-electron chi connectivity index (χ0n) is 11.5. The van der Waals surface area contributed by atoms with Crippen molar-refractivity contribution in [1.82, 2.24) is 9.80 Å². The van der Waals surface area contributed by atoms with Crippen LogP contribution in [0.25, 0.3) is 0 Å². The number of hydrogen-bond acceptors (Lipinski definition) is 3. The van der Waals surface area contributed by atoms with Crippen molar-refractivity contribution in [3.8, 4) is 0 Å². The van der Waals surface area contributed by atoms with E-state index >= 15 is 0 Å². The van der Waals surface area contributed by atoms with Gasteiger partial charge in [0.05, 0.1) is 4.99 Å². The van der Waals surface area contributed by atoms with Crippen LogP contribution in [0.5, 0.6) is 0 Å². The largest absolute Gasteiger partial charge is 0.393 e. The Morgan fingerprint density at radius 3 is 2.78 bits per heavy atom. The molecule has 2 N–H and O–H groups in total. The fraction of sp³-hybridized carbons (Fsp3) is 0.846. The Kier molecular flexibility index (Phi) is 6.57. The second-order valence-electron chi connectivity index (χ2n) is 5.16. The summed E-state index contributed by atoms with van der Waals surface area (Å²) >= 11 is 4.81. The predicted octanol–water partition coefficient (Wildman–Crippen LogP) is 1.39. The third-order valence-electron chi connectivity index (χ3n) is 3.67. The Morgan fingerprint density at radius 2 is 2.17 bits per heavy atom. The first-order chi connectivity index (χ1) is 8.50. The minimum atomic E-state index is 0.184. The highest BCUT2D eigenvalue weighted by atomic mass is 32.1. The van der Waals surface area contributed by atoms with Crippen LogP contribution in [-0.4, -0.2) is 53.4 Å². The first-order valence-electron chi connectivity index (χ1n) is 6.77. The quantitative estimate of drug-likeness (QED) is 0.742. The van der Waals surface area contributed by atoms with Crippen LogP contribution in [0.4, 0.5) is 0 Å². The van der Waals surface area contributed by atoms with Crippen molar-refractivity contribution in [1.29, 1.82) is 0 Å². The Hall–Kier alpha value is -0.680. The van der Waals surface area contributed by atoms with Gasteiger partial charge >= 0.3 is 0 Å². The molecule has 1 amide bonds. The smallest absolute Gasteiger partial charge is 0.223 e. The Morgan fingerprint density at radius 1 is 1.44 bits per heavy atom. The predicted molar refractivity (Wildman–Crippen MR) is 78.5 cm³/mol. The summed E-state index contributed by atoms with van der Waals surface area (Å²) < 4.78 is 0. The van der Waals surface area contributed by atoms with Crippen molar-refractivity contribution < 1.29 is 4.79 Å². The van der Waals surface area contributed by atoms with Gasteiger partial charge in [-0.1, -0.05) is 18.6 Å². The summed E-state index contributed by atoms with van der Waals surface area (Å²) in [5.41, 5.74) is 5.44. The van der Waals surface area contributed by atoms with Crippen LogP contribution < -0.4 is 5.73 Å². The van der Waals surface area contributed by atoms with Gasteiger partial charge in [0, 0.05) is 39.0 Å². The fourth-order valence-corrected chi connectivity index (χ4v) is 2.41. The van der Waals surface area contributed by atoms with E-state index in [2.05, 4.69) is 11.8 Å². The lowest BCUT2D eigenvalue weighted by Crippen LogP contribution is -2.40. The average Bonchev–Trinajstić information content (AvgIpc) is 2.34. The molecule has 0 radical (unpaired) electrons. The van der Waals surface area contributed by atoms with Gasteiger partial charge in [-0.25, -0.2) is 0 Å². The van der Waals surface area contributed by atoms with Crippen LogP contribution in [0.3, 0.4) is 0 Å². The SMILES string of the molecule is CC1CCCCN1CCC(=O)N(C)CCC(N)=S. The van der Waals surface area contributed by atoms with Gasteiger partial charge in [0.1, 0.15) is 0 Å². The van der Waals surface area contributed by atoms with Gasteiger partial charge in [0.2, 0.25) is 5.91 Å². The number of likely N-dealkylation sites (tertiary alicyclic amines) is 1. The molecule has 4 nitrogen and oxygen atoms in total. The monoisotopic (exact) mass is 271 g/mol. The molecule has 5 heteroatoms. The lowest BCUT2D eigenvalue weighted by Gasteiger charge is -2.33. The third-order valence-corrected chi connectivity index (χ3v) is 3.88. The number of amides is 1. The maximum Gasteiger partial charge on any atom is 0.223 e. The van der Waals surface area contributed by atoms with E-state index in [0.29, 0.717) is 30.4 Å². The Balaban J connectivity index is 2.24. The second-order valence-corrected chi connectivity index (χ2v) is 5.69. The molecule has 0 saturated carbocycles. The van der Waals surface area contributed by atoms with E-state index < -0.39 is 0 Å². The standard InChI is InChI=1S/C13H25N3OS/c1-11-5-3-4-8-16(11)10-7-13(17)15(2)9-6-12(14)18/h11H,3-10H2,1-2H3,(H2,14,18). The molecule has 1 aliphatic rings. The average molecular weight is 271 g/mol. The first kappa shape index (κ1) is 15.4. The van der Waals surface area contributed by atoms with Gasteiger partial charge in [-0.3, -0.25) is 4.79 Å². The molecule has 0 aromatic carbocycles. The maximum atomic E-state index is 11.9. The zero-order chi connectivity index (χ0) is 13.5. The molecule has 1 atom stereocenters. The van der Waals surface area contributed by atoms with E-state index in [1.807, 2.05) is 7.05 Å². The van der Waals surface area contributed by atoms with Crippen LogP contribution in [0, 0.1) is 0 Å². The van der Waals surface area contributed by atoms with E-state index in [1.54, 1.807) is 4.90 Å². The molecule has 0 aromatic rings. The van der Waals surface area contributed by atoms with Crippen molar-refractivity contribution in [2.75, 3.05) is 26.7 Å². The Bertz CT molecular complexity index is 296. The Labute approximate surface area is 115 Å². The van der Waals surface area contributed by atoms with E-state index in [1.165, 1.54) is 19.3 Å². The molecule has 0 aliphatic carbocycles. The molecule has 1 heterocycles. The molecular weight excluding hydrogens is 246 g/mol. The molecule has 0 spiro atoms. The summed E-state index contributed by atoms with van der Waals surface area (Å²) in [5.74, 6) is 0.184. The first-order valence-corrected chi connectivity index (χ1v) is 7.18. The van der Waals surface area contributed by atoms with Crippen molar-refractivity contribution in [2.24, 2.45) is 5.73 Å². The highest BCUT2D eigenvalue weighted by Crippen LogP contribution is 2.16. The molecule has 104 valence electrons. The van der Waals surface area contributed by atoms with Crippen LogP contribution in [0.1, 0.15) is 39.0 Å². The summed E-state index contributed by atoms with van der Waals surface area (Å²) in [5, 5.41) is 0. The van der Waals surface area contributed by atoms with Crippen molar-refractivity contribution >= 4 is 23.1 Å². The zero-order valence-corrected chi connectivity index (χ0v) is 12.3. The van der Waals surface area contributed by atoms with Gasteiger partial charge < -0.3 is 15.5 Å². The van der Waals surface area contributed by atoms with E-state index in [4.69, 9.17) is 18.0 Å². The molecule has 0 bridgehead atoms. The molecule has 1 unspecified atom stereocenters. The molecule has 1 aliphatic heterocycles. The molecule has 0 aromatic heterocycles. The van der Waals surface area contributed by atoms with Gasteiger partial charge in [0.15, 0.2) is 0 Å². The summed E-state index contributed by atoms with van der Waals surface area (Å²) in [6.07, 6.45) is 5.04. The number of carbonyl (C=O) groups excluding carboxylic acids is 1. The van der Waals surface area contributed by atoms with Crippen LogP contribution in [0.2, 0.25) is 0 Å². The van der Waals surface area contributed by atoms with Gasteiger partial charge in [-0.05, 0) is 26.3 Å². The number of thiocarbonyl (C=S) groups is 1. The number of rotatable bonds is 6. The number of nitrogens with two attached hydrogens (primary N) is 1. The van der Waals surface area contributed by atoms with Gasteiger partial charge in [-0.15, -0.1) is 0 Å². The highest BCUT2D eigenvalue weighted by Gasteiger charge is 2.19. The van der Waals surface area contributed by atoms with Crippen molar-refractivity contribution in [3.63, 3.8) is 0 Å². The van der Waals surface area contributed by atoms with Crippen molar-refractivity contribution in [2.45, 2.75) is 45.1 Å².